The molecule has 25 nitrogen and oxygen atoms in total. The third-order valence-electron chi connectivity index (χ3n) is 7.38. The molecule has 0 spiro atoms. The number of nitrogens with zero attached hydrogens (tertiary/aromatic N) is 4. The summed E-state index contributed by atoms with van der Waals surface area (Å²) in [6.45, 7) is 1.90. The second kappa shape index (κ2) is 17.0. The molecular weight excluding hydrogens is 764 g/mol. The van der Waals surface area contributed by atoms with Gasteiger partial charge in [-0.25, -0.2) is 24.1 Å². The van der Waals surface area contributed by atoms with E-state index in [0.717, 1.165) is 34.0 Å². The lowest BCUT2D eigenvalue weighted by Crippen LogP contribution is -2.62. The predicted octanol–water partition coefficient (Wildman–Crippen LogP) is -1.82. The molecule has 2 aliphatic heterocycles. The average molecular weight is 800 g/mol. The van der Waals surface area contributed by atoms with Gasteiger partial charge in [0.15, 0.2) is 29.9 Å². The zero-order valence-corrected chi connectivity index (χ0v) is 29.8. The van der Waals surface area contributed by atoms with Crippen LogP contribution in [0.1, 0.15) is 33.9 Å². The van der Waals surface area contributed by atoms with Crippen molar-refractivity contribution in [3.63, 3.8) is 0 Å². The number of anilines is 1. The van der Waals surface area contributed by atoms with Gasteiger partial charge in [-0.05, 0) is 0 Å². The number of nitrogen functional groups attached to an aromatic ring is 1. The highest BCUT2D eigenvalue weighted by Gasteiger charge is 2.56. The zero-order chi connectivity index (χ0) is 39.4. The number of aromatic nitrogens is 4. The Balaban J connectivity index is 1.53. The Bertz CT molecular complexity index is 1790. The molecule has 2 aromatic heterocycles. The summed E-state index contributed by atoms with van der Waals surface area (Å²) in [7, 11) is -11.6. The number of fused-ring (bicyclic) bond motifs is 1. The fraction of sp³-hybridized carbons (Fsp3) is 0.615. The van der Waals surface area contributed by atoms with Crippen LogP contribution < -0.4 is 5.73 Å². The molecule has 2 aromatic rings. The van der Waals surface area contributed by atoms with Crippen molar-refractivity contribution >= 4 is 62.8 Å². The van der Waals surface area contributed by atoms with Crippen molar-refractivity contribution in [2.24, 2.45) is 5.92 Å². The smallest absolute Gasteiger partial charge is 0.462 e. The number of esters is 4. The molecule has 4 rings (SSSR count). The molecule has 2 fully saturated rings. The van der Waals surface area contributed by atoms with Gasteiger partial charge in [-0.15, -0.1) is 0 Å². The van der Waals surface area contributed by atoms with Gasteiger partial charge in [0.25, 0.3) is 0 Å². The Morgan fingerprint density at radius 1 is 0.943 bits per heavy atom. The van der Waals surface area contributed by atoms with Crippen molar-refractivity contribution in [2.75, 3.05) is 18.9 Å². The number of phosphoric acid groups is 2. The number of phosphoric ester groups is 2. The minimum Gasteiger partial charge on any atom is -0.462 e. The Kier molecular flexibility index (Phi) is 13.4. The van der Waals surface area contributed by atoms with Crippen molar-refractivity contribution in [3.05, 3.63) is 12.7 Å². The highest BCUT2D eigenvalue weighted by molar-refractivity contribution is 7.61. The van der Waals surface area contributed by atoms with Gasteiger partial charge in [-0.2, -0.15) is 4.31 Å². The van der Waals surface area contributed by atoms with Crippen LogP contribution in [-0.2, 0) is 74.9 Å². The molecule has 2 saturated heterocycles. The van der Waals surface area contributed by atoms with E-state index < -0.39 is 114 Å². The number of nitrogens with two attached hydrogens (primary N) is 1. The Labute approximate surface area is 297 Å². The lowest BCUT2D eigenvalue weighted by molar-refractivity contribution is -0.283. The zero-order valence-electron chi connectivity index (χ0n) is 28.0. The fourth-order valence-electron chi connectivity index (χ4n) is 5.33. The number of hydrogen-bond donors (Lipinski definition) is 5. The molecule has 12 atom stereocenters. The Morgan fingerprint density at radius 2 is 1.60 bits per heavy atom. The number of ether oxygens (including phenoxy) is 6. The molecule has 4 heterocycles. The first-order chi connectivity index (χ1) is 24.7. The van der Waals surface area contributed by atoms with Crippen LogP contribution in [0.15, 0.2) is 12.7 Å². The highest BCUT2D eigenvalue weighted by atomic mass is 31.3. The normalized spacial score (nSPS) is 30.0. The first kappa shape index (κ1) is 41.8. The molecule has 0 amide bonds. The monoisotopic (exact) mass is 799 g/mol. The average Bonchev–Trinajstić information content (AvgIpc) is 3.59. The SMILES string of the molecule is CC(=O)OC[C@@H](OC(C)=O)C1O[C@@H](OP(=O)(O)OP(=O)(O)OC[C@H]2O[C@@H](n3cnc4c(N)ncnc43)C(O)C2O)C(OC(C)=O)C(C=O)[C@@H]1OC(C)=O. The topological polar surface area (TPSA) is 353 Å². The summed E-state index contributed by atoms with van der Waals surface area (Å²) in [5.74, 6) is -5.79. The maximum atomic E-state index is 13.1. The van der Waals surface area contributed by atoms with E-state index in [2.05, 4.69) is 19.3 Å². The standard InChI is InChI=1S/C26H35N5O20P2/c1-10(33)43-6-16(45-11(2)34)22-20(46-12(3)35)14(5-32)21(47-13(4)36)26(49-22)50-53(41,42)51-52(39,40)44-7-15-18(37)19(38)25(48-15)31-9-30-17-23(27)28-8-29-24(17)31/h5,8-9,14-16,18-22,25-26,37-38H,6-7H2,1-4H3,(H,39,40)(H,41,42)(H2,27,28,29)/t14?,15-,16-,18?,19?,20+,21?,22?,25-,26+/m1/s1. The molecule has 2 aliphatic rings. The van der Waals surface area contributed by atoms with Crippen LogP contribution in [0.2, 0.25) is 0 Å². The quantitative estimate of drug-likeness (QED) is 0.0573. The molecule has 53 heavy (non-hydrogen) atoms. The van der Waals surface area contributed by atoms with E-state index in [9.17, 15) is 53.1 Å². The molecule has 7 unspecified atom stereocenters. The largest absolute Gasteiger partial charge is 0.483 e. The van der Waals surface area contributed by atoms with E-state index in [0.29, 0.717) is 0 Å². The van der Waals surface area contributed by atoms with Gasteiger partial charge in [0.05, 0.1) is 18.9 Å². The van der Waals surface area contributed by atoms with Crippen LogP contribution in [-0.4, -0.2) is 132 Å². The van der Waals surface area contributed by atoms with Gasteiger partial charge in [0.1, 0.15) is 55.3 Å². The second-order valence-electron chi connectivity index (χ2n) is 11.3. The van der Waals surface area contributed by atoms with E-state index in [1.54, 1.807) is 0 Å². The van der Waals surface area contributed by atoms with Crippen molar-refractivity contribution in [1.29, 1.82) is 0 Å². The number of carbonyl (C=O) groups is 5. The van der Waals surface area contributed by atoms with E-state index in [4.69, 9.17) is 43.2 Å². The molecule has 0 aliphatic carbocycles. The fourth-order valence-corrected chi connectivity index (χ4v) is 7.49. The number of aliphatic hydroxyl groups excluding tert-OH is 2. The summed E-state index contributed by atoms with van der Waals surface area (Å²) in [6.07, 6.45) is -13.7. The van der Waals surface area contributed by atoms with Crippen molar-refractivity contribution < 1.29 is 94.9 Å². The molecule has 0 aromatic carbocycles. The summed E-state index contributed by atoms with van der Waals surface area (Å²) >= 11 is 0. The maximum Gasteiger partial charge on any atom is 0.483 e. The molecule has 6 N–H and O–H groups in total. The van der Waals surface area contributed by atoms with Crippen molar-refractivity contribution in [1.82, 2.24) is 19.5 Å². The molecule has 0 bridgehead atoms. The number of aliphatic hydroxyl groups is 2. The Hall–Kier alpha value is -4.00. The first-order valence-corrected chi connectivity index (χ1v) is 18.1. The van der Waals surface area contributed by atoms with E-state index in [-0.39, 0.29) is 23.3 Å². The summed E-state index contributed by atoms with van der Waals surface area (Å²) in [5, 5.41) is 21.2. The number of aldehydes is 1. The minimum absolute atomic E-state index is 0.00103. The predicted molar refractivity (Wildman–Crippen MR) is 165 cm³/mol. The molecular formula is C26H35N5O20P2. The summed E-state index contributed by atoms with van der Waals surface area (Å²) in [4.78, 5) is 92.5. The van der Waals surface area contributed by atoms with Gasteiger partial charge in [-0.1, -0.05) is 0 Å². The number of imidazole rings is 1. The van der Waals surface area contributed by atoms with Gasteiger partial charge in [0, 0.05) is 27.7 Å². The summed E-state index contributed by atoms with van der Waals surface area (Å²) in [6, 6.07) is 0. The van der Waals surface area contributed by atoms with Crippen LogP contribution in [0.25, 0.3) is 11.2 Å². The third kappa shape index (κ3) is 10.4. The van der Waals surface area contributed by atoms with Crippen LogP contribution >= 0.6 is 15.6 Å². The van der Waals surface area contributed by atoms with Crippen molar-refractivity contribution in [2.45, 2.75) is 82.9 Å². The van der Waals surface area contributed by atoms with Crippen LogP contribution in [0.5, 0.6) is 0 Å². The van der Waals surface area contributed by atoms with Gasteiger partial charge < -0.3 is 58.9 Å². The third-order valence-corrected chi connectivity index (χ3v) is 9.98. The first-order valence-electron chi connectivity index (χ1n) is 15.1. The van der Waals surface area contributed by atoms with Gasteiger partial charge in [0.2, 0.25) is 6.29 Å². The van der Waals surface area contributed by atoms with Gasteiger partial charge >= 0.3 is 39.5 Å². The van der Waals surface area contributed by atoms with E-state index >= 15 is 0 Å². The van der Waals surface area contributed by atoms with E-state index in [1.165, 1.54) is 10.9 Å². The molecule has 0 saturated carbocycles. The number of rotatable bonds is 15. The minimum atomic E-state index is -5.90. The van der Waals surface area contributed by atoms with Crippen LogP contribution in [0.3, 0.4) is 0 Å². The number of carbonyl (C=O) groups excluding carboxylic acids is 5. The number of hydrogen-bond acceptors (Lipinski definition) is 22. The molecule has 0 radical (unpaired) electrons. The van der Waals surface area contributed by atoms with Crippen molar-refractivity contribution in [3.8, 4) is 0 Å². The Morgan fingerprint density at radius 3 is 2.21 bits per heavy atom. The maximum absolute atomic E-state index is 13.1. The van der Waals surface area contributed by atoms with Gasteiger partial charge in [-0.3, -0.25) is 32.8 Å². The van der Waals surface area contributed by atoms with Crippen LogP contribution in [0, 0.1) is 5.92 Å². The molecule has 294 valence electrons. The second-order valence-corrected chi connectivity index (χ2v) is 14.3. The summed E-state index contributed by atoms with van der Waals surface area (Å²) < 4.78 is 72.6. The van der Waals surface area contributed by atoms with Crippen LogP contribution in [0.4, 0.5) is 5.82 Å². The lowest BCUT2D eigenvalue weighted by Gasteiger charge is -2.45. The summed E-state index contributed by atoms with van der Waals surface area (Å²) in [5.41, 5.74) is 6.01. The lowest BCUT2D eigenvalue weighted by atomic mass is 9.87. The molecule has 27 heteroatoms. The highest BCUT2D eigenvalue weighted by Crippen LogP contribution is 2.62. The van der Waals surface area contributed by atoms with E-state index in [1.807, 2.05) is 0 Å².